The Morgan fingerprint density at radius 3 is 2.61 bits per heavy atom. The van der Waals surface area contributed by atoms with Crippen LogP contribution in [0.2, 0.25) is 0 Å². The Bertz CT molecular complexity index is 341. The number of hydrogen-bond donors (Lipinski definition) is 1. The molecule has 1 fully saturated rings. The summed E-state index contributed by atoms with van der Waals surface area (Å²) in [6.45, 7) is 4.56. The lowest BCUT2D eigenvalue weighted by Crippen LogP contribution is -2.36. The summed E-state index contributed by atoms with van der Waals surface area (Å²) in [4.78, 5) is 2.52. The SMILES string of the molecule is CNCC1CCN(Cc2c(Br)cnn2C)CC1.Cl. The van der Waals surface area contributed by atoms with Gasteiger partial charge in [-0.2, -0.15) is 5.10 Å². The first-order valence-corrected chi connectivity index (χ1v) is 7.03. The summed E-state index contributed by atoms with van der Waals surface area (Å²) >= 11 is 3.56. The first-order valence-electron chi connectivity index (χ1n) is 6.24. The minimum Gasteiger partial charge on any atom is -0.319 e. The van der Waals surface area contributed by atoms with Gasteiger partial charge in [-0.25, -0.2) is 0 Å². The third-order valence-electron chi connectivity index (χ3n) is 3.58. The van der Waals surface area contributed by atoms with Crippen molar-refractivity contribution in [2.75, 3.05) is 26.7 Å². The summed E-state index contributed by atoms with van der Waals surface area (Å²) in [6.07, 6.45) is 4.48. The van der Waals surface area contributed by atoms with Gasteiger partial charge in [0.25, 0.3) is 0 Å². The number of halogens is 2. The van der Waals surface area contributed by atoms with E-state index in [2.05, 4.69) is 31.2 Å². The summed E-state index contributed by atoms with van der Waals surface area (Å²) in [7, 11) is 4.05. The highest BCUT2D eigenvalue weighted by molar-refractivity contribution is 9.10. The van der Waals surface area contributed by atoms with Crippen LogP contribution in [0.3, 0.4) is 0 Å². The van der Waals surface area contributed by atoms with Crippen LogP contribution in [0.1, 0.15) is 18.5 Å². The molecule has 0 radical (unpaired) electrons. The Morgan fingerprint density at radius 1 is 1.44 bits per heavy atom. The van der Waals surface area contributed by atoms with Crippen LogP contribution >= 0.6 is 28.3 Å². The van der Waals surface area contributed by atoms with E-state index in [-0.39, 0.29) is 12.4 Å². The van der Waals surface area contributed by atoms with E-state index in [1.807, 2.05) is 25.0 Å². The molecule has 1 N–H and O–H groups in total. The molecule has 2 heterocycles. The number of hydrogen-bond acceptors (Lipinski definition) is 3. The summed E-state index contributed by atoms with van der Waals surface area (Å²) < 4.78 is 3.08. The zero-order chi connectivity index (χ0) is 12.3. The maximum atomic E-state index is 4.26. The van der Waals surface area contributed by atoms with Gasteiger partial charge >= 0.3 is 0 Å². The van der Waals surface area contributed by atoms with Crippen LogP contribution in [0.5, 0.6) is 0 Å². The average Bonchev–Trinajstić information content (AvgIpc) is 2.64. The lowest BCUT2D eigenvalue weighted by Gasteiger charge is -2.31. The van der Waals surface area contributed by atoms with Gasteiger partial charge in [-0.15, -0.1) is 12.4 Å². The molecule has 18 heavy (non-hydrogen) atoms. The fourth-order valence-corrected chi connectivity index (χ4v) is 2.94. The number of piperidine rings is 1. The zero-order valence-corrected chi connectivity index (χ0v) is 13.4. The van der Waals surface area contributed by atoms with Gasteiger partial charge in [-0.05, 0) is 61.4 Å². The van der Waals surface area contributed by atoms with Gasteiger partial charge in [0, 0.05) is 13.6 Å². The van der Waals surface area contributed by atoms with E-state index >= 15 is 0 Å². The third-order valence-corrected chi connectivity index (χ3v) is 4.25. The summed E-state index contributed by atoms with van der Waals surface area (Å²) in [6, 6.07) is 0. The van der Waals surface area contributed by atoms with E-state index < -0.39 is 0 Å². The second-order valence-electron chi connectivity index (χ2n) is 4.84. The minimum absolute atomic E-state index is 0. The third kappa shape index (κ3) is 3.95. The number of aryl methyl sites for hydroxylation is 1. The van der Waals surface area contributed by atoms with Crippen molar-refractivity contribution in [1.82, 2.24) is 20.0 Å². The van der Waals surface area contributed by atoms with Gasteiger partial charge in [-0.1, -0.05) is 0 Å². The molecule has 0 atom stereocenters. The van der Waals surface area contributed by atoms with Crippen LogP contribution in [0.15, 0.2) is 10.7 Å². The number of likely N-dealkylation sites (tertiary alicyclic amines) is 1. The molecule has 104 valence electrons. The Kier molecular flexibility index (Phi) is 6.63. The van der Waals surface area contributed by atoms with Crippen molar-refractivity contribution in [3.63, 3.8) is 0 Å². The van der Waals surface area contributed by atoms with Crippen molar-refractivity contribution in [2.24, 2.45) is 13.0 Å². The molecule has 0 amide bonds. The molecule has 4 nitrogen and oxygen atoms in total. The van der Waals surface area contributed by atoms with E-state index in [1.165, 1.54) is 31.6 Å². The molecular formula is C12H22BrClN4. The van der Waals surface area contributed by atoms with Crippen molar-refractivity contribution >= 4 is 28.3 Å². The maximum Gasteiger partial charge on any atom is 0.0663 e. The molecule has 0 aromatic carbocycles. The molecule has 0 saturated carbocycles. The molecule has 1 aliphatic heterocycles. The summed E-state index contributed by atoms with van der Waals surface area (Å²) in [5, 5.41) is 7.54. The Hall–Kier alpha value is -0.100. The summed E-state index contributed by atoms with van der Waals surface area (Å²) in [5.41, 5.74) is 1.28. The van der Waals surface area contributed by atoms with E-state index in [9.17, 15) is 0 Å². The van der Waals surface area contributed by atoms with Crippen molar-refractivity contribution in [3.05, 3.63) is 16.4 Å². The lowest BCUT2D eigenvalue weighted by molar-refractivity contribution is 0.173. The molecule has 6 heteroatoms. The zero-order valence-electron chi connectivity index (χ0n) is 11.0. The van der Waals surface area contributed by atoms with Crippen molar-refractivity contribution < 1.29 is 0 Å². The van der Waals surface area contributed by atoms with Crippen molar-refractivity contribution in [2.45, 2.75) is 19.4 Å². The highest BCUT2D eigenvalue weighted by Gasteiger charge is 2.20. The molecule has 0 aliphatic carbocycles. The van der Waals surface area contributed by atoms with E-state index in [4.69, 9.17) is 0 Å². The predicted octanol–water partition coefficient (Wildman–Crippen LogP) is 2.04. The molecule has 1 saturated heterocycles. The largest absolute Gasteiger partial charge is 0.319 e. The van der Waals surface area contributed by atoms with Gasteiger partial charge in [0.2, 0.25) is 0 Å². The van der Waals surface area contributed by atoms with E-state index in [1.54, 1.807) is 0 Å². The van der Waals surface area contributed by atoms with Gasteiger partial charge < -0.3 is 5.32 Å². The molecule has 0 bridgehead atoms. The van der Waals surface area contributed by atoms with E-state index in [0.29, 0.717) is 0 Å². The maximum absolute atomic E-state index is 4.26. The molecule has 1 aliphatic rings. The van der Waals surface area contributed by atoms with Gasteiger partial charge in [0.1, 0.15) is 0 Å². The fourth-order valence-electron chi connectivity index (χ4n) is 2.46. The topological polar surface area (TPSA) is 33.1 Å². The second-order valence-corrected chi connectivity index (χ2v) is 5.69. The Morgan fingerprint density at radius 2 is 2.11 bits per heavy atom. The number of nitrogens with zero attached hydrogens (tertiary/aromatic N) is 3. The average molecular weight is 338 g/mol. The van der Waals surface area contributed by atoms with Gasteiger partial charge in [0.05, 0.1) is 16.4 Å². The van der Waals surface area contributed by atoms with Gasteiger partial charge in [-0.3, -0.25) is 9.58 Å². The fraction of sp³-hybridized carbons (Fsp3) is 0.750. The van der Waals surface area contributed by atoms with Crippen LogP contribution in [-0.2, 0) is 13.6 Å². The molecule has 1 aromatic rings. The Labute approximate surface area is 124 Å². The normalized spacial score (nSPS) is 17.7. The quantitative estimate of drug-likeness (QED) is 0.913. The van der Waals surface area contributed by atoms with Crippen LogP contribution in [0.25, 0.3) is 0 Å². The van der Waals surface area contributed by atoms with Crippen LogP contribution in [0.4, 0.5) is 0 Å². The predicted molar refractivity (Wildman–Crippen MR) is 80.1 cm³/mol. The highest BCUT2D eigenvalue weighted by Crippen LogP contribution is 2.21. The van der Waals surface area contributed by atoms with Crippen molar-refractivity contribution in [1.29, 1.82) is 0 Å². The second kappa shape index (κ2) is 7.48. The van der Waals surface area contributed by atoms with Gasteiger partial charge in [0.15, 0.2) is 0 Å². The molecule has 0 spiro atoms. The lowest BCUT2D eigenvalue weighted by atomic mass is 9.97. The standard InChI is InChI=1S/C12H21BrN4.ClH/c1-14-7-10-3-5-17(6-4-10)9-12-11(13)8-15-16(12)2;/h8,10,14H,3-7,9H2,1-2H3;1H. The van der Waals surface area contributed by atoms with Crippen LogP contribution in [0, 0.1) is 5.92 Å². The summed E-state index contributed by atoms with van der Waals surface area (Å²) in [5.74, 6) is 0.853. The number of nitrogens with one attached hydrogen (secondary N) is 1. The van der Waals surface area contributed by atoms with Crippen LogP contribution in [-0.4, -0.2) is 41.4 Å². The Balaban J connectivity index is 0.00000162. The minimum atomic E-state index is 0. The molecular weight excluding hydrogens is 316 g/mol. The molecule has 0 unspecified atom stereocenters. The number of aromatic nitrogens is 2. The highest BCUT2D eigenvalue weighted by atomic mass is 79.9. The molecule has 1 aromatic heterocycles. The first-order chi connectivity index (χ1) is 8.20. The molecule has 2 rings (SSSR count). The van der Waals surface area contributed by atoms with Crippen molar-refractivity contribution in [3.8, 4) is 0 Å². The first kappa shape index (κ1) is 16.0. The smallest absolute Gasteiger partial charge is 0.0663 e. The number of rotatable bonds is 4. The van der Waals surface area contributed by atoms with E-state index in [0.717, 1.165) is 23.5 Å². The monoisotopic (exact) mass is 336 g/mol. The van der Waals surface area contributed by atoms with Crippen LogP contribution < -0.4 is 5.32 Å².